The van der Waals surface area contributed by atoms with Crippen molar-refractivity contribution in [2.24, 2.45) is 0 Å². The topological polar surface area (TPSA) is 55.4 Å². The largest absolute Gasteiger partial charge is 0.492 e. The quantitative estimate of drug-likeness (QED) is 0.616. The number of halogens is 1. The number of rotatable bonds is 7. The highest BCUT2D eigenvalue weighted by atomic mass is 79.9. The summed E-state index contributed by atoms with van der Waals surface area (Å²) in [7, 11) is 0. The zero-order valence-corrected chi connectivity index (χ0v) is 12.7. The lowest BCUT2D eigenvalue weighted by Crippen LogP contribution is -2.12. The van der Waals surface area contributed by atoms with E-state index >= 15 is 0 Å². The first-order valence-electron chi connectivity index (χ1n) is 6.28. The molecule has 104 valence electrons. The van der Waals surface area contributed by atoms with E-state index in [0.29, 0.717) is 30.0 Å². The first-order chi connectivity index (χ1) is 9.12. The Kier molecular flexibility index (Phi) is 6.56. The molecule has 0 aliphatic carbocycles. The Balaban J connectivity index is 2.97. The Morgan fingerprint density at radius 3 is 2.63 bits per heavy atom. The van der Waals surface area contributed by atoms with E-state index in [1.807, 2.05) is 13.8 Å². The standard InChI is InChI=1S/C14H18BrNO3/c1-3-5-14(18)16-11-7-6-10(12(17)9-15)8-13(11)19-4-2/h6-8H,3-5,9H2,1-2H3,(H,16,18). The SMILES string of the molecule is CCCC(=O)Nc1ccc(C(=O)CBr)cc1OCC. The van der Waals surface area contributed by atoms with Crippen molar-refractivity contribution >= 4 is 33.3 Å². The highest BCUT2D eigenvalue weighted by Gasteiger charge is 2.11. The second kappa shape index (κ2) is 7.94. The molecule has 0 atom stereocenters. The number of nitrogens with one attached hydrogen (secondary N) is 1. The molecule has 19 heavy (non-hydrogen) atoms. The van der Waals surface area contributed by atoms with Crippen LogP contribution in [0.15, 0.2) is 18.2 Å². The molecule has 4 nitrogen and oxygen atoms in total. The minimum absolute atomic E-state index is 0.0209. The van der Waals surface area contributed by atoms with E-state index in [0.717, 1.165) is 6.42 Å². The molecule has 0 aromatic heterocycles. The fourth-order valence-corrected chi connectivity index (χ4v) is 1.91. The molecule has 0 saturated heterocycles. The minimum atomic E-state index is -0.0528. The lowest BCUT2D eigenvalue weighted by atomic mass is 10.1. The Morgan fingerprint density at radius 1 is 1.32 bits per heavy atom. The van der Waals surface area contributed by atoms with Crippen LogP contribution in [0.25, 0.3) is 0 Å². The van der Waals surface area contributed by atoms with Gasteiger partial charge in [-0.1, -0.05) is 22.9 Å². The number of carbonyl (C=O) groups excluding carboxylic acids is 2. The van der Waals surface area contributed by atoms with Crippen LogP contribution in [0.4, 0.5) is 5.69 Å². The zero-order valence-electron chi connectivity index (χ0n) is 11.2. The van der Waals surface area contributed by atoms with Crippen molar-refractivity contribution < 1.29 is 14.3 Å². The fraction of sp³-hybridized carbons (Fsp3) is 0.429. The Labute approximate surface area is 121 Å². The molecule has 5 heteroatoms. The normalized spacial score (nSPS) is 10.1. The van der Waals surface area contributed by atoms with Gasteiger partial charge in [-0.3, -0.25) is 9.59 Å². The summed E-state index contributed by atoms with van der Waals surface area (Å²) >= 11 is 3.13. The van der Waals surface area contributed by atoms with Gasteiger partial charge in [0.15, 0.2) is 5.78 Å². The average Bonchev–Trinajstić information content (AvgIpc) is 2.40. The van der Waals surface area contributed by atoms with Crippen molar-refractivity contribution in [3.05, 3.63) is 23.8 Å². The zero-order chi connectivity index (χ0) is 14.3. The molecule has 1 amide bonds. The molecule has 1 aromatic carbocycles. The second-order valence-corrected chi connectivity index (χ2v) is 4.56. The summed E-state index contributed by atoms with van der Waals surface area (Å²) in [6.07, 6.45) is 1.25. The number of hydrogen-bond donors (Lipinski definition) is 1. The molecule has 0 saturated carbocycles. The predicted molar refractivity (Wildman–Crippen MR) is 79.3 cm³/mol. The maximum absolute atomic E-state index is 11.6. The average molecular weight is 328 g/mol. The van der Waals surface area contributed by atoms with Crippen molar-refractivity contribution in [1.29, 1.82) is 0 Å². The molecule has 1 rings (SSSR count). The van der Waals surface area contributed by atoms with E-state index < -0.39 is 0 Å². The number of Topliss-reactive ketones (excluding diaryl/α,β-unsaturated/α-hetero) is 1. The van der Waals surface area contributed by atoms with Crippen molar-refractivity contribution in [3.63, 3.8) is 0 Å². The molecule has 0 aliphatic rings. The van der Waals surface area contributed by atoms with E-state index in [1.54, 1.807) is 18.2 Å². The Morgan fingerprint density at radius 2 is 2.05 bits per heavy atom. The first-order valence-corrected chi connectivity index (χ1v) is 7.40. The fourth-order valence-electron chi connectivity index (χ4n) is 1.59. The van der Waals surface area contributed by atoms with E-state index in [-0.39, 0.29) is 17.0 Å². The Bertz CT molecular complexity index is 460. The molecule has 0 aliphatic heterocycles. The predicted octanol–water partition coefficient (Wildman–Crippen LogP) is 3.40. The van der Waals surface area contributed by atoms with Gasteiger partial charge in [0.2, 0.25) is 5.91 Å². The van der Waals surface area contributed by atoms with Crippen LogP contribution in [-0.2, 0) is 4.79 Å². The van der Waals surface area contributed by atoms with E-state index in [4.69, 9.17) is 4.74 Å². The lowest BCUT2D eigenvalue weighted by Gasteiger charge is -2.12. The van der Waals surface area contributed by atoms with Gasteiger partial charge in [0.25, 0.3) is 0 Å². The van der Waals surface area contributed by atoms with Crippen LogP contribution >= 0.6 is 15.9 Å². The summed E-state index contributed by atoms with van der Waals surface area (Å²) in [6, 6.07) is 5.05. The number of carbonyl (C=O) groups is 2. The molecule has 0 bridgehead atoms. The minimum Gasteiger partial charge on any atom is -0.492 e. The molecule has 0 unspecified atom stereocenters. The summed E-state index contributed by atoms with van der Waals surface area (Å²) in [5, 5.41) is 3.06. The maximum Gasteiger partial charge on any atom is 0.224 e. The Hall–Kier alpha value is -1.36. The molecule has 0 heterocycles. The van der Waals surface area contributed by atoms with Crippen LogP contribution in [0, 0.1) is 0 Å². The number of ketones is 1. The summed E-state index contributed by atoms with van der Waals surface area (Å²) in [4.78, 5) is 23.2. The van der Waals surface area contributed by atoms with Gasteiger partial charge < -0.3 is 10.1 Å². The number of benzene rings is 1. The van der Waals surface area contributed by atoms with Crippen LogP contribution in [-0.4, -0.2) is 23.6 Å². The van der Waals surface area contributed by atoms with E-state index in [1.165, 1.54) is 0 Å². The van der Waals surface area contributed by atoms with Crippen molar-refractivity contribution in [3.8, 4) is 5.75 Å². The molecule has 0 radical (unpaired) electrons. The van der Waals surface area contributed by atoms with Crippen LogP contribution in [0.5, 0.6) is 5.75 Å². The number of amides is 1. The molecule has 1 aromatic rings. The van der Waals surface area contributed by atoms with Crippen molar-refractivity contribution in [1.82, 2.24) is 0 Å². The number of alkyl halides is 1. The van der Waals surface area contributed by atoms with Crippen LogP contribution < -0.4 is 10.1 Å². The third kappa shape index (κ3) is 4.67. The molecular formula is C14H18BrNO3. The van der Waals surface area contributed by atoms with Gasteiger partial charge in [-0.25, -0.2) is 0 Å². The summed E-state index contributed by atoms with van der Waals surface area (Å²) in [5.41, 5.74) is 1.17. The van der Waals surface area contributed by atoms with Crippen molar-refractivity contribution in [2.45, 2.75) is 26.7 Å². The van der Waals surface area contributed by atoms with Gasteiger partial charge in [-0.2, -0.15) is 0 Å². The highest BCUT2D eigenvalue weighted by Crippen LogP contribution is 2.26. The first kappa shape index (κ1) is 15.7. The van der Waals surface area contributed by atoms with Crippen LogP contribution in [0.3, 0.4) is 0 Å². The van der Waals surface area contributed by atoms with Crippen LogP contribution in [0.2, 0.25) is 0 Å². The van der Waals surface area contributed by atoms with E-state index in [9.17, 15) is 9.59 Å². The van der Waals surface area contributed by atoms with Gasteiger partial charge in [0.05, 0.1) is 17.6 Å². The molecule has 0 spiro atoms. The second-order valence-electron chi connectivity index (χ2n) is 4.00. The van der Waals surface area contributed by atoms with Crippen LogP contribution in [0.1, 0.15) is 37.0 Å². The van der Waals surface area contributed by atoms with Gasteiger partial charge in [0, 0.05) is 12.0 Å². The smallest absolute Gasteiger partial charge is 0.224 e. The van der Waals surface area contributed by atoms with Gasteiger partial charge in [0.1, 0.15) is 5.75 Å². The summed E-state index contributed by atoms with van der Waals surface area (Å²) in [6.45, 7) is 4.28. The van der Waals surface area contributed by atoms with Gasteiger partial charge in [-0.05, 0) is 31.5 Å². The number of ether oxygens (including phenoxy) is 1. The number of anilines is 1. The molecule has 1 N–H and O–H groups in total. The number of hydrogen-bond acceptors (Lipinski definition) is 3. The summed E-state index contributed by atoms with van der Waals surface area (Å²) in [5.74, 6) is 0.453. The monoisotopic (exact) mass is 327 g/mol. The summed E-state index contributed by atoms with van der Waals surface area (Å²) < 4.78 is 5.47. The van der Waals surface area contributed by atoms with Crippen molar-refractivity contribution in [2.75, 3.05) is 17.3 Å². The van der Waals surface area contributed by atoms with Gasteiger partial charge >= 0.3 is 0 Å². The third-order valence-corrected chi connectivity index (χ3v) is 2.99. The third-order valence-electron chi connectivity index (χ3n) is 2.48. The van der Waals surface area contributed by atoms with Gasteiger partial charge in [-0.15, -0.1) is 0 Å². The highest BCUT2D eigenvalue weighted by molar-refractivity contribution is 9.09. The molecule has 0 fully saturated rings. The lowest BCUT2D eigenvalue weighted by molar-refractivity contribution is -0.116. The molecular weight excluding hydrogens is 310 g/mol. The maximum atomic E-state index is 11.6. The van der Waals surface area contributed by atoms with E-state index in [2.05, 4.69) is 21.2 Å².